The van der Waals surface area contributed by atoms with Gasteiger partial charge in [0.2, 0.25) is 11.8 Å². The zero-order valence-electron chi connectivity index (χ0n) is 14.4. The fourth-order valence-electron chi connectivity index (χ4n) is 2.54. The number of benzene rings is 1. The SMILES string of the molecule is COc1ccc(CCN2C[C@@H](NC(=O)C(C)(C)C)CC2=O)cc1. The molecule has 1 atom stereocenters. The van der Waals surface area contributed by atoms with Crippen molar-refractivity contribution >= 4 is 11.8 Å². The second kappa shape index (κ2) is 7.02. The molecule has 23 heavy (non-hydrogen) atoms. The van der Waals surface area contributed by atoms with Crippen LogP contribution in [-0.4, -0.2) is 43.0 Å². The van der Waals surface area contributed by atoms with Crippen LogP contribution in [0.1, 0.15) is 32.8 Å². The molecule has 1 saturated heterocycles. The number of amides is 2. The lowest BCUT2D eigenvalue weighted by Crippen LogP contribution is -2.43. The van der Waals surface area contributed by atoms with Crippen LogP contribution in [0.25, 0.3) is 0 Å². The number of carbonyl (C=O) groups excluding carboxylic acids is 2. The highest BCUT2D eigenvalue weighted by Gasteiger charge is 2.32. The van der Waals surface area contributed by atoms with Gasteiger partial charge in [-0.15, -0.1) is 0 Å². The maximum Gasteiger partial charge on any atom is 0.225 e. The van der Waals surface area contributed by atoms with Crippen molar-refractivity contribution in [3.63, 3.8) is 0 Å². The van der Waals surface area contributed by atoms with Crippen molar-refractivity contribution < 1.29 is 14.3 Å². The lowest BCUT2D eigenvalue weighted by Gasteiger charge is -2.21. The van der Waals surface area contributed by atoms with Gasteiger partial charge in [-0.3, -0.25) is 9.59 Å². The smallest absolute Gasteiger partial charge is 0.225 e. The molecular weight excluding hydrogens is 292 g/mol. The Kier molecular flexibility index (Phi) is 5.29. The highest BCUT2D eigenvalue weighted by Crippen LogP contribution is 2.18. The molecule has 1 aromatic carbocycles. The standard InChI is InChI=1S/C18H26N2O3/c1-18(2,3)17(22)19-14-11-16(21)20(12-14)10-9-13-5-7-15(23-4)8-6-13/h5-8,14H,9-12H2,1-4H3,(H,19,22)/t14-/m0/s1. The summed E-state index contributed by atoms with van der Waals surface area (Å²) >= 11 is 0. The molecule has 1 aliphatic rings. The van der Waals surface area contributed by atoms with Gasteiger partial charge in [0.1, 0.15) is 5.75 Å². The van der Waals surface area contributed by atoms with Crippen molar-refractivity contribution in [2.45, 2.75) is 39.7 Å². The van der Waals surface area contributed by atoms with Crippen molar-refractivity contribution in [3.8, 4) is 5.75 Å². The van der Waals surface area contributed by atoms with Crippen molar-refractivity contribution in [1.82, 2.24) is 10.2 Å². The molecule has 0 saturated carbocycles. The Morgan fingerprint density at radius 1 is 1.30 bits per heavy atom. The highest BCUT2D eigenvalue weighted by atomic mass is 16.5. The van der Waals surface area contributed by atoms with Gasteiger partial charge in [-0.1, -0.05) is 32.9 Å². The molecule has 0 unspecified atom stereocenters. The van der Waals surface area contributed by atoms with E-state index >= 15 is 0 Å². The summed E-state index contributed by atoms with van der Waals surface area (Å²) in [6, 6.07) is 7.79. The van der Waals surface area contributed by atoms with Crippen molar-refractivity contribution in [2.24, 2.45) is 5.41 Å². The third-order valence-corrected chi connectivity index (χ3v) is 4.06. The molecular formula is C18H26N2O3. The summed E-state index contributed by atoms with van der Waals surface area (Å²) in [7, 11) is 1.64. The molecule has 1 aliphatic heterocycles. The lowest BCUT2D eigenvalue weighted by molar-refractivity contribution is -0.129. The lowest BCUT2D eigenvalue weighted by atomic mass is 9.95. The topological polar surface area (TPSA) is 58.6 Å². The van der Waals surface area contributed by atoms with Crippen molar-refractivity contribution in [3.05, 3.63) is 29.8 Å². The molecule has 0 aromatic heterocycles. The van der Waals surface area contributed by atoms with E-state index in [1.54, 1.807) is 7.11 Å². The van der Waals surface area contributed by atoms with Crippen molar-refractivity contribution in [1.29, 1.82) is 0 Å². The first kappa shape index (κ1) is 17.3. The molecule has 1 aromatic rings. The summed E-state index contributed by atoms with van der Waals surface area (Å²) in [5, 5.41) is 2.97. The number of methoxy groups -OCH3 is 1. The summed E-state index contributed by atoms with van der Waals surface area (Å²) < 4.78 is 5.14. The largest absolute Gasteiger partial charge is 0.497 e. The van der Waals surface area contributed by atoms with E-state index in [0.717, 1.165) is 12.2 Å². The number of likely N-dealkylation sites (tertiary alicyclic amines) is 1. The van der Waals surface area contributed by atoms with E-state index in [4.69, 9.17) is 4.74 Å². The molecule has 5 nitrogen and oxygen atoms in total. The maximum absolute atomic E-state index is 12.1. The fourth-order valence-corrected chi connectivity index (χ4v) is 2.54. The minimum absolute atomic E-state index is 0.00713. The van der Waals surface area contributed by atoms with Gasteiger partial charge in [0.05, 0.1) is 13.2 Å². The van der Waals surface area contributed by atoms with Gasteiger partial charge in [-0.05, 0) is 24.1 Å². The van der Waals surface area contributed by atoms with Crippen molar-refractivity contribution in [2.75, 3.05) is 20.2 Å². The Labute approximate surface area is 138 Å². The molecule has 1 N–H and O–H groups in total. The van der Waals surface area contributed by atoms with Crippen LogP contribution in [-0.2, 0) is 16.0 Å². The number of rotatable bonds is 5. The van der Waals surface area contributed by atoms with Gasteiger partial charge < -0.3 is 15.0 Å². The first-order chi connectivity index (χ1) is 10.8. The second-order valence-electron chi connectivity index (χ2n) is 7.06. The van der Waals surface area contributed by atoms with Gasteiger partial charge in [-0.2, -0.15) is 0 Å². The van der Waals surface area contributed by atoms with Gasteiger partial charge in [0.25, 0.3) is 0 Å². The van der Waals surface area contributed by atoms with E-state index in [-0.39, 0.29) is 17.9 Å². The quantitative estimate of drug-likeness (QED) is 0.903. The number of hydrogen-bond donors (Lipinski definition) is 1. The second-order valence-corrected chi connectivity index (χ2v) is 7.06. The van der Waals surface area contributed by atoms with Crippen LogP contribution in [0, 0.1) is 5.41 Å². The van der Waals surface area contributed by atoms with Crippen LogP contribution in [0.5, 0.6) is 5.75 Å². The molecule has 0 bridgehead atoms. The van der Waals surface area contributed by atoms with Crippen LogP contribution in [0.4, 0.5) is 0 Å². The van der Waals surface area contributed by atoms with Crippen LogP contribution in [0.2, 0.25) is 0 Å². The van der Waals surface area contributed by atoms with E-state index in [2.05, 4.69) is 5.32 Å². The number of nitrogens with zero attached hydrogens (tertiary/aromatic N) is 1. The van der Waals surface area contributed by atoms with E-state index in [0.29, 0.717) is 19.5 Å². The van der Waals surface area contributed by atoms with Crippen LogP contribution < -0.4 is 10.1 Å². The highest BCUT2D eigenvalue weighted by molar-refractivity contribution is 5.84. The van der Waals surface area contributed by atoms with Crippen LogP contribution in [0.3, 0.4) is 0 Å². The molecule has 0 aliphatic carbocycles. The molecule has 0 radical (unpaired) electrons. The first-order valence-corrected chi connectivity index (χ1v) is 8.01. The Morgan fingerprint density at radius 2 is 1.96 bits per heavy atom. The molecule has 0 spiro atoms. The minimum Gasteiger partial charge on any atom is -0.497 e. The molecule has 2 amide bonds. The molecule has 5 heteroatoms. The summed E-state index contributed by atoms with van der Waals surface area (Å²) in [5.74, 6) is 0.931. The van der Waals surface area contributed by atoms with E-state index in [1.165, 1.54) is 5.56 Å². The summed E-state index contributed by atoms with van der Waals surface area (Å²) in [6.45, 7) is 6.89. The van der Waals surface area contributed by atoms with E-state index in [9.17, 15) is 9.59 Å². The molecule has 126 valence electrons. The number of carbonyl (C=O) groups is 2. The third-order valence-electron chi connectivity index (χ3n) is 4.06. The van der Waals surface area contributed by atoms with Crippen LogP contribution in [0.15, 0.2) is 24.3 Å². The average Bonchev–Trinajstić information content (AvgIpc) is 2.84. The number of hydrogen-bond acceptors (Lipinski definition) is 3. The van der Waals surface area contributed by atoms with Gasteiger partial charge >= 0.3 is 0 Å². The fraction of sp³-hybridized carbons (Fsp3) is 0.556. The van der Waals surface area contributed by atoms with Gasteiger partial charge in [0, 0.05) is 24.9 Å². The Balaban J connectivity index is 1.84. The molecule has 1 fully saturated rings. The van der Waals surface area contributed by atoms with Gasteiger partial charge in [0.15, 0.2) is 0 Å². The summed E-state index contributed by atoms with van der Waals surface area (Å²) in [4.78, 5) is 25.9. The first-order valence-electron chi connectivity index (χ1n) is 8.01. The Hall–Kier alpha value is -2.04. The molecule has 2 rings (SSSR count). The van der Waals surface area contributed by atoms with E-state index < -0.39 is 5.41 Å². The maximum atomic E-state index is 12.1. The third kappa shape index (κ3) is 4.71. The predicted octanol–water partition coefficient (Wildman–Crippen LogP) is 2.00. The predicted molar refractivity (Wildman–Crippen MR) is 89.3 cm³/mol. The Morgan fingerprint density at radius 3 is 2.52 bits per heavy atom. The van der Waals surface area contributed by atoms with Crippen LogP contribution >= 0.6 is 0 Å². The average molecular weight is 318 g/mol. The number of nitrogens with one attached hydrogen (secondary N) is 1. The zero-order valence-corrected chi connectivity index (χ0v) is 14.4. The normalized spacial score (nSPS) is 18.2. The van der Waals surface area contributed by atoms with E-state index in [1.807, 2.05) is 49.9 Å². The monoisotopic (exact) mass is 318 g/mol. The summed E-state index contributed by atoms with van der Waals surface area (Å²) in [5.41, 5.74) is 0.736. The Bertz CT molecular complexity index is 561. The zero-order chi connectivity index (χ0) is 17.0. The summed E-state index contributed by atoms with van der Waals surface area (Å²) in [6.07, 6.45) is 1.19. The number of ether oxygens (including phenoxy) is 1. The van der Waals surface area contributed by atoms with Gasteiger partial charge in [-0.25, -0.2) is 0 Å². The minimum atomic E-state index is -0.431. The molecule has 1 heterocycles.